The van der Waals surface area contributed by atoms with Gasteiger partial charge in [-0.2, -0.15) is 0 Å². The van der Waals surface area contributed by atoms with Crippen LogP contribution in [-0.2, 0) is 6.42 Å². The van der Waals surface area contributed by atoms with Crippen molar-refractivity contribution in [3.8, 4) is 0 Å². The number of hydrogen-bond donors (Lipinski definition) is 2. The van der Waals surface area contributed by atoms with Gasteiger partial charge in [-0.15, -0.1) is 0 Å². The highest BCUT2D eigenvalue weighted by Gasteiger charge is 2.35. The second-order valence-corrected chi connectivity index (χ2v) is 7.54. The third kappa shape index (κ3) is 4.58. The summed E-state index contributed by atoms with van der Waals surface area (Å²) in [6.45, 7) is 3.24. The van der Waals surface area contributed by atoms with Crippen molar-refractivity contribution < 1.29 is 9.59 Å². The molecule has 1 atom stereocenters. The van der Waals surface area contributed by atoms with E-state index in [0.29, 0.717) is 25.1 Å². The van der Waals surface area contributed by atoms with E-state index in [-0.39, 0.29) is 18.0 Å². The summed E-state index contributed by atoms with van der Waals surface area (Å²) in [6.07, 6.45) is 3.06. The summed E-state index contributed by atoms with van der Waals surface area (Å²) in [5, 5.41) is 6.40. The fourth-order valence-corrected chi connectivity index (χ4v) is 3.86. The molecule has 2 N–H and O–H groups in total. The van der Waals surface area contributed by atoms with Gasteiger partial charge in [-0.1, -0.05) is 37.3 Å². The summed E-state index contributed by atoms with van der Waals surface area (Å²) < 4.78 is 0. The van der Waals surface area contributed by atoms with Crippen molar-refractivity contribution in [2.45, 2.75) is 25.9 Å². The molecule has 1 aromatic heterocycles. The molecule has 158 valence electrons. The molecule has 0 radical (unpaired) electrons. The van der Waals surface area contributed by atoms with E-state index in [1.165, 1.54) is 0 Å². The van der Waals surface area contributed by atoms with Crippen LogP contribution in [0.1, 0.15) is 51.5 Å². The Hall–Kier alpha value is -3.67. The maximum atomic E-state index is 12.8. The summed E-state index contributed by atoms with van der Waals surface area (Å²) in [6, 6.07) is 20.8. The minimum absolute atomic E-state index is 0.0402. The fraction of sp³-hybridized carbons (Fsp3) is 0.240. The lowest BCUT2D eigenvalue weighted by Gasteiger charge is -2.27. The lowest BCUT2D eigenvalue weighted by Crippen LogP contribution is -2.33. The molecule has 2 heterocycles. The van der Waals surface area contributed by atoms with Crippen LogP contribution in [0.5, 0.6) is 0 Å². The Kier molecular flexibility index (Phi) is 6.26. The van der Waals surface area contributed by atoms with Gasteiger partial charge in [0.1, 0.15) is 6.17 Å². The Bertz CT molecular complexity index is 1070. The number of fused-ring (bicyclic) bond motifs is 1. The van der Waals surface area contributed by atoms with E-state index in [2.05, 4.69) is 22.5 Å². The van der Waals surface area contributed by atoms with Crippen molar-refractivity contribution in [3.63, 3.8) is 0 Å². The third-order valence-corrected chi connectivity index (χ3v) is 5.34. The molecule has 0 bridgehead atoms. The Morgan fingerprint density at radius 1 is 1.06 bits per heavy atom. The number of benzene rings is 2. The molecule has 31 heavy (non-hydrogen) atoms. The van der Waals surface area contributed by atoms with Gasteiger partial charge >= 0.3 is 0 Å². The van der Waals surface area contributed by atoms with Crippen molar-refractivity contribution >= 4 is 17.5 Å². The Morgan fingerprint density at radius 2 is 1.90 bits per heavy atom. The number of nitrogens with zero attached hydrogens (tertiary/aromatic N) is 2. The number of anilines is 1. The van der Waals surface area contributed by atoms with Gasteiger partial charge in [-0.05, 0) is 42.8 Å². The molecule has 6 heteroatoms. The van der Waals surface area contributed by atoms with E-state index >= 15 is 0 Å². The van der Waals surface area contributed by atoms with Crippen molar-refractivity contribution in [2.75, 3.05) is 18.4 Å². The lowest BCUT2D eigenvalue weighted by molar-refractivity contribution is 0.0742. The first-order valence-electron chi connectivity index (χ1n) is 10.6. The Morgan fingerprint density at radius 3 is 2.71 bits per heavy atom. The largest absolute Gasteiger partial charge is 0.361 e. The molecular weight excluding hydrogens is 388 g/mol. The fourth-order valence-electron chi connectivity index (χ4n) is 3.86. The number of aromatic nitrogens is 1. The second kappa shape index (κ2) is 9.43. The van der Waals surface area contributed by atoms with Crippen LogP contribution in [0, 0.1) is 0 Å². The van der Waals surface area contributed by atoms with Crippen molar-refractivity contribution in [2.24, 2.45) is 0 Å². The molecule has 4 rings (SSSR count). The molecule has 6 nitrogen and oxygen atoms in total. The number of carbonyl (C=O) groups excluding carboxylic acids is 2. The van der Waals surface area contributed by atoms with Gasteiger partial charge in [0, 0.05) is 53.8 Å². The molecule has 0 unspecified atom stereocenters. The molecule has 0 saturated heterocycles. The molecule has 0 fully saturated rings. The Balaban J connectivity index is 1.45. The molecule has 1 aliphatic rings. The van der Waals surface area contributed by atoms with Gasteiger partial charge in [0.05, 0.1) is 0 Å². The molecule has 2 amide bonds. The summed E-state index contributed by atoms with van der Waals surface area (Å²) in [7, 11) is 0. The van der Waals surface area contributed by atoms with Crippen LogP contribution in [0.25, 0.3) is 0 Å². The monoisotopic (exact) mass is 414 g/mol. The zero-order valence-electron chi connectivity index (χ0n) is 17.5. The maximum absolute atomic E-state index is 12.8. The van der Waals surface area contributed by atoms with Crippen LogP contribution in [0.15, 0.2) is 72.9 Å². The minimum atomic E-state index is -0.244. The predicted octanol–water partition coefficient (Wildman–Crippen LogP) is 4.03. The van der Waals surface area contributed by atoms with E-state index in [1.807, 2.05) is 65.6 Å². The van der Waals surface area contributed by atoms with E-state index < -0.39 is 0 Å². The van der Waals surface area contributed by atoms with Crippen molar-refractivity contribution in [3.05, 3.63) is 95.3 Å². The van der Waals surface area contributed by atoms with Crippen LogP contribution < -0.4 is 10.6 Å². The number of carbonyl (C=O) groups is 2. The smallest absolute Gasteiger partial charge is 0.256 e. The number of hydrogen-bond acceptors (Lipinski definition) is 4. The number of pyridine rings is 1. The summed E-state index contributed by atoms with van der Waals surface area (Å²) in [5.74, 6) is -0.0914. The highest BCUT2D eigenvalue weighted by atomic mass is 16.2. The van der Waals surface area contributed by atoms with Gasteiger partial charge < -0.3 is 15.5 Å². The van der Waals surface area contributed by atoms with Gasteiger partial charge in [-0.25, -0.2) is 0 Å². The molecule has 1 aliphatic heterocycles. The van der Waals surface area contributed by atoms with Crippen LogP contribution in [0.2, 0.25) is 0 Å². The highest BCUT2D eigenvalue weighted by Crippen LogP contribution is 2.34. The van der Waals surface area contributed by atoms with Crippen LogP contribution >= 0.6 is 0 Å². The van der Waals surface area contributed by atoms with Crippen molar-refractivity contribution in [1.29, 1.82) is 0 Å². The Labute approximate surface area is 182 Å². The zero-order chi connectivity index (χ0) is 21.6. The topological polar surface area (TPSA) is 74.3 Å². The first-order valence-corrected chi connectivity index (χ1v) is 10.6. The second-order valence-electron chi connectivity index (χ2n) is 7.54. The van der Waals surface area contributed by atoms with Gasteiger partial charge in [-0.3, -0.25) is 14.6 Å². The van der Waals surface area contributed by atoms with Crippen LogP contribution in [-0.4, -0.2) is 34.8 Å². The molecule has 3 aromatic rings. The average Bonchev–Trinajstić information content (AvgIpc) is 3.06. The van der Waals surface area contributed by atoms with Gasteiger partial charge in [0.25, 0.3) is 11.8 Å². The lowest BCUT2D eigenvalue weighted by atomic mass is 10.1. The third-order valence-electron chi connectivity index (χ3n) is 5.34. The standard InChI is InChI=1S/C25H26N4O2/c1-2-16-29-23(21-11-3-4-12-22(21)25(29)31)28-20-10-7-8-18(17-20)24(30)27-15-13-19-9-5-6-14-26-19/h3-12,14,17,23,28H,2,13,15-16H2,1H3,(H,27,30)/t23-/m0/s1. The predicted molar refractivity (Wildman–Crippen MR) is 121 cm³/mol. The van der Waals surface area contributed by atoms with E-state index in [0.717, 1.165) is 28.9 Å². The van der Waals surface area contributed by atoms with E-state index in [9.17, 15) is 9.59 Å². The SMILES string of the molecule is CCCN1C(=O)c2ccccc2[C@H]1Nc1cccc(C(=O)NCCc2ccccn2)c1. The molecule has 2 aromatic carbocycles. The first-order chi connectivity index (χ1) is 15.2. The zero-order valence-corrected chi connectivity index (χ0v) is 17.5. The molecular formula is C25H26N4O2. The number of rotatable bonds is 8. The summed E-state index contributed by atoms with van der Waals surface area (Å²) >= 11 is 0. The van der Waals surface area contributed by atoms with Crippen molar-refractivity contribution in [1.82, 2.24) is 15.2 Å². The van der Waals surface area contributed by atoms with Gasteiger partial charge in [0.2, 0.25) is 0 Å². The number of amides is 2. The van der Waals surface area contributed by atoms with Gasteiger partial charge in [0.15, 0.2) is 0 Å². The molecule has 0 saturated carbocycles. The van der Waals surface area contributed by atoms with Crippen LogP contribution in [0.4, 0.5) is 5.69 Å². The summed E-state index contributed by atoms with van der Waals surface area (Å²) in [5.41, 5.74) is 4.01. The highest BCUT2D eigenvalue weighted by molar-refractivity contribution is 5.99. The quantitative estimate of drug-likeness (QED) is 0.584. The number of nitrogens with one attached hydrogen (secondary N) is 2. The molecule has 0 aliphatic carbocycles. The van der Waals surface area contributed by atoms with E-state index in [4.69, 9.17) is 0 Å². The minimum Gasteiger partial charge on any atom is -0.361 e. The maximum Gasteiger partial charge on any atom is 0.256 e. The first kappa shape index (κ1) is 20.6. The van der Waals surface area contributed by atoms with E-state index in [1.54, 1.807) is 12.3 Å². The summed E-state index contributed by atoms with van der Waals surface area (Å²) in [4.78, 5) is 31.6. The normalized spacial score (nSPS) is 14.9. The molecule has 0 spiro atoms. The van der Waals surface area contributed by atoms with Crippen LogP contribution in [0.3, 0.4) is 0 Å². The average molecular weight is 415 g/mol.